The molecule has 4 rings (SSSR count). The van der Waals surface area contributed by atoms with Crippen LogP contribution >= 0.6 is 0 Å². The molecule has 0 bridgehead atoms. The molecule has 158 valence electrons. The van der Waals surface area contributed by atoms with E-state index in [2.05, 4.69) is 24.1 Å². The van der Waals surface area contributed by atoms with E-state index in [9.17, 15) is 4.79 Å². The Labute approximate surface area is 182 Å². The Morgan fingerprint density at radius 3 is 2.52 bits per heavy atom. The van der Waals surface area contributed by atoms with Crippen molar-refractivity contribution in [2.24, 2.45) is 0 Å². The molecule has 31 heavy (non-hydrogen) atoms. The number of rotatable bonds is 7. The second-order valence-corrected chi connectivity index (χ2v) is 7.78. The molecule has 3 aromatic carbocycles. The first-order valence-corrected chi connectivity index (χ1v) is 10.5. The van der Waals surface area contributed by atoms with Gasteiger partial charge in [0.25, 0.3) is 5.91 Å². The summed E-state index contributed by atoms with van der Waals surface area (Å²) in [5, 5.41) is 2.85. The normalized spacial score (nSPS) is 12.0. The van der Waals surface area contributed by atoms with Crippen LogP contribution in [0.15, 0.2) is 71.1 Å². The molecule has 1 amide bonds. The molecule has 0 saturated heterocycles. The van der Waals surface area contributed by atoms with Crippen molar-refractivity contribution in [3.8, 4) is 17.2 Å². The van der Waals surface area contributed by atoms with Crippen LogP contribution < -0.4 is 10.1 Å². The van der Waals surface area contributed by atoms with Gasteiger partial charge in [-0.1, -0.05) is 32.0 Å². The predicted molar refractivity (Wildman–Crippen MR) is 123 cm³/mol. The lowest BCUT2D eigenvalue weighted by atomic mass is 9.99. The molecule has 0 spiro atoms. The lowest BCUT2D eigenvalue weighted by Gasteiger charge is -2.11. The Bertz CT molecular complexity index is 1180. The van der Waals surface area contributed by atoms with E-state index in [0.29, 0.717) is 23.2 Å². The Morgan fingerprint density at radius 2 is 1.81 bits per heavy atom. The van der Waals surface area contributed by atoms with E-state index in [1.165, 1.54) is 5.56 Å². The topological polar surface area (TPSA) is 64.4 Å². The van der Waals surface area contributed by atoms with E-state index in [4.69, 9.17) is 9.15 Å². The zero-order valence-electron chi connectivity index (χ0n) is 18.0. The highest BCUT2D eigenvalue weighted by Gasteiger charge is 2.10. The second-order valence-electron chi connectivity index (χ2n) is 7.78. The van der Waals surface area contributed by atoms with Gasteiger partial charge in [-0.2, -0.15) is 0 Å². The highest BCUT2D eigenvalue weighted by Crippen LogP contribution is 2.26. The van der Waals surface area contributed by atoms with Crippen molar-refractivity contribution in [3.05, 3.63) is 77.9 Å². The van der Waals surface area contributed by atoms with Crippen molar-refractivity contribution in [1.82, 2.24) is 4.98 Å². The molecule has 0 aliphatic rings. The molecular weight excluding hydrogens is 388 g/mol. The standard InChI is InChI=1S/C26H26N2O3/c1-4-18(3)19-8-12-22(13-9-19)30-16-25(29)27-21-10-6-20(7-11-21)26-28-23-15-17(2)5-14-24(23)31-26/h5-15,18H,4,16H2,1-3H3,(H,27,29)/t18-/m1/s1. The average Bonchev–Trinajstić information content (AvgIpc) is 3.21. The monoisotopic (exact) mass is 414 g/mol. The quantitative estimate of drug-likeness (QED) is 0.383. The predicted octanol–water partition coefficient (Wildman–Crippen LogP) is 6.33. The van der Waals surface area contributed by atoms with Gasteiger partial charge in [0.15, 0.2) is 12.2 Å². The van der Waals surface area contributed by atoms with Gasteiger partial charge in [0, 0.05) is 11.3 Å². The molecule has 1 N–H and O–H groups in total. The molecule has 4 aromatic rings. The molecule has 5 heteroatoms. The molecule has 0 fully saturated rings. The summed E-state index contributed by atoms with van der Waals surface area (Å²) in [7, 11) is 0. The van der Waals surface area contributed by atoms with Crippen LogP contribution in [0.4, 0.5) is 5.69 Å². The molecule has 0 aliphatic heterocycles. The van der Waals surface area contributed by atoms with Crippen molar-refractivity contribution in [2.75, 3.05) is 11.9 Å². The fourth-order valence-electron chi connectivity index (χ4n) is 3.33. The third kappa shape index (κ3) is 4.94. The van der Waals surface area contributed by atoms with Gasteiger partial charge in [0.05, 0.1) is 0 Å². The minimum absolute atomic E-state index is 0.0467. The van der Waals surface area contributed by atoms with Crippen molar-refractivity contribution in [3.63, 3.8) is 0 Å². The fraction of sp³-hybridized carbons (Fsp3) is 0.231. The van der Waals surface area contributed by atoms with E-state index in [1.54, 1.807) is 0 Å². The number of hydrogen-bond acceptors (Lipinski definition) is 4. The summed E-state index contributed by atoms with van der Waals surface area (Å²) in [6.07, 6.45) is 1.09. The van der Waals surface area contributed by atoms with Gasteiger partial charge in [0.1, 0.15) is 11.3 Å². The van der Waals surface area contributed by atoms with Gasteiger partial charge in [0.2, 0.25) is 5.89 Å². The number of nitrogens with zero attached hydrogens (tertiary/aromatic N) is 1. The van der Waals surface area contributed by atoms with Gasteiger partial charge in [-0.05, 0) is 78.9 Å². The molecule has 1 atom stereocenters. The second kappa shape index (κ2) is 9.04. The van der Waals surface area contributed by atoms with Crippen LogP contribution in [-0.4, -0.2) is 17.5 Å². The summed E-state index contributed by atoms with van der Waals surface area (Å²) in [4.78, 5) is 16.8. The molecule has 1 aromatic heterocycles. The van der Waals surface area contributed by atoms with Crippen LogP contribution in [0.3, 0.4) is 0 Å². The Kier molecular flexibility index (Phi) is 6.03. The Balaban J connectivity index is 1.34. The zero-order valence-corrected chi connectivity index (χ0v) is 18.0. The maximum absolute atomic E-state index is 12.2. The third-order valence-corrected chi connectivity index (χ3v) is 5.39. The van der Waals surface area contributed by atoms with E-state index >= 15 is 0 Å². The summed E-state index contributed by atoms with van der Waals surface area (Å²) in [6, 6.07) is 21.2. The first-order chi connectivity index (χ1) is 15.0. The number of aromatic nitrogens is 1. The smallest absolute Gasteiger partial charge is 0.262 e. The van der Waals surface area contributed by atoms with Gasteiger partial charge in [-0.15, -0.1) is 0 Å². The molecule has 5 nitrogen and oxygen atoms in total. The first kappa shape index (κ1) is 20.7. The van der Waals surface area contributed by atoms with Crippen LogP contribution in [0.5, 0.6) is 5.75 Å². The number of aryl methyl sites for hydroxylation is 1. The maximum Gasteiger partial charge on any atom is 0.262 e. The Hall–Kier alpha value is -3.60. The van der Waals surface area contributed by atoms with E-state index in [-0.39, 0.29) is 12.5 Å². The number of benzene rings is 3. The lowest BCUT2D eigenvalue weighted by molar-refractivity contribution is -0.118. The highest BCUT2D eigenvalue weighted by atomic mass is 16.5. The Morgan fingerprint density at radius 1 is 1.06 bits per heavy atom. The number of amides is 1. The first-order valence-electron chi connectivity index (χ1n) is 10.5. The average molecular weight is 415 g/mol. The molecule has 0 unspecified atom stereocenters. The molecule has 0 saturated carbocycles. The number of oxazole rings is 1. The zero-order chi connectivity index (χ0) is 21.8. The number of hydrogen-bond donors (Lipinski definition) is 1. The van der Waals surface area contributed by atoms with Crippen molar-refractivity contribution in [2.45, 2.75) is 33.1 Å². The van der Waals surface area contributed by atoms with Crippen LogP contribution in [-0.2, 0) is 4.79 Å². The fourth-order valence-corrected chi connectivity index (χ4v) is 3.33. The van der Waals surface area contributed by atoms with Crippen molar-refractivity contribution >= 4 is 22.7 Å². The third-order valence-electron chi connectivity index (χ3n) is 5.39. The summed E-state index contributed by atoms with van der Waals surface area (Å²) in [6.45, 7) is 6.34. The summed E-state index contributed by atoms with van der Waals surface area (Å²) < 4.78 is 11.4. The number of ether oxygens (including phenoxy) is 1. The van der Waals surface area contributed by atoms with Gasteiger partial charge in [-0.3, -0.25) is 4.79 Å². The molecule has 1 heterocycles. The van der Waals surface area contributed by atoms with Gasteiger partial charge in [-0.25, -0.2) is 4.98 Å². The van der Waals surface area contributed by atoms with Crippen LogP contribution in [0.2, 0.25) is 0 Å². The van der Waals surface area contributed by atoms with Crippen LogP contribution in [0.1, 0.15) is 37.3 Å². The number of carbonyl (C=O) groups excluding carboxylic acids is 1. The molecule has 0 aliphatic carbocycles. The van der Waals surface area contributed by atoms with E-state index in [1.807, 2.05) is 73.7 Å². The van der Waals surface area contributed by atoms with Gasteiger partial charge >= 0.3 is 0 Å². The van der Waals surface area contributed by atoms with Crippen LogP contribution in [0.25, 0.3) is 22.6 Å². The largest absolute Gasteiger partial charge is 0.484 e. The number of carbonyl (C=O) groups is 1. The van der Waals surface area contributed by atoms with E-state index in [0.717, 1.165) is 28.6 Å². The van der Waals surface area contributed by atoms with Crippen LogP contribution in [0, 0.1) is 6.92 Å². The number of nitrogens with one attached hydrogen (secondary N) is 1. The van der Waals surface area contributed by atoms with Gasteiger partial charge < -0.3 is 14.5 Å². The number of fused-ring (bicyclic) bond motifs is 1. The minimum atomic E-state index is -0.212. The number of anilines is 1. The molecular formula is C26H26N2O3. The SMILES string of the molecule is CC[C@@H](C)c1ccc(OCC(=O)Nc2ccc(-c3nc4cc(C)ccc4o3)cc2)cc1. The van der Waals surface area contributed by atoms with Crippen molar-refractivity contribution in [1.29, 1.82) is 0 Å². The highest BCUT2D eigenvalue weighted by molar-refractivity contribution is 5.92. The summed E-state index contributed by atoms with van der Waals surface area (Å²) >= 11 is 0. The van der Waals surface area contributed by atoms with E-state index < -0.39 is 0 Å². The minimum Gasteiger partial charge on any atom is -0.484 e. The lowest BCUT2D eigenvalue weighted by Crippen LogP contribution is -2.20. The summed E-state index contributed by atoms with van der Waals surface area (Å²) in [5.74, 6) is 1.54. The molecule has 0 radical (unpaired) electrons. The maximum atomic E-state index is 12.2. The summed E-state index contributed by atoms with van der Waals surface area (Å²) in [5.41, 5.74) is 5.54. The van der Waals surface area contributed by atoms with Crippen molar-refractivity contribution < 1.29 is 13.9 Å².